The highest BCUT2D eigenvalue weighted by Crippen LogP contribution is 2.32. The summed E-state index contributed by atoms with van der Waals surface area (Å²) in [5.41, 5.74) is 5.22. The number of ether oxygens (including phenoxy) is 2. The van der Waals surface area contributed by atoms with Gasteiger partial charge in [0.25, 0.3) is 5.91 Å². The molecule has 1 unspecified atom stereocenters. The number of methoxy groups -OCH3 is 2. The van der Waals surface area contributed by atoms with E-state index in [9.17, 15) is 4.79 Å². The summed E-state index contributed by atoms with van der Waals surface area (Å²) in [6, 6.07) is 11.7. The lowest BCUT2D eigenvalue weighted by molar-refractivity contribution is -0.119. The molecule has 41 heavy (non-hydrogen) atoms. The first kappa shape index (κ1) is 28.6. The summed E-state index contributed by atoms with van der Waals surface area (Å²) in [4.78, 5) is 31.0. The van der Waals surface area contributed by atoms with E-state index >= 15 is 0 Å². The van der Waals surface area contributed by atoms with E-state index in [1.54, 1.807) is 31.4 Å². The first-order valence-electron chi connectivity index (χ1n) is 13.3. The topological polar surface area (TPSA) is 104 Å². The van der Waals surface area contributed by atoms with Crippen molar-refractivity contribution in [2.24, 2.45) is 4.99 Å². The number of nitrogens with zero attached hydrogens (tertiary/aromatic N) is 5. The Morgan fingerprint density at radius 2 is 1.85 bits per heavy atom. The van der Waals surface area contributed by atoms with Crippen molar-refractivity contribution < 1.29 is 14.3 Å². The van der Waals surface area contributed by atoms with E-state index in [1.165, 1.54) is 44.1 Å². The van der Waals surface area contributed by atoms with Crippen LogP contribution in [0.3, 0.4) is 0 Å². The van der Waals surface area contributed by atoms with E-state index in [0.717, 1.165) is 24.3 Å². The lowest BCUT2D eigenvalue weighted by Gasteiger charge is -2.29. The molecule has 3 aromatic rings. The average Bonchev–Trinajstić information content (AvgIpc) is 3.08. The molecule has 0 aliphatic carbocycles. The van der Waals surface area contributed by atoms with Gasteiger partial charge < -0.3 is 29.9 Å². The number of benzene rings is 2. The predicted molar refractivity (Wildman–Crippen MR) is 166 cm³/mol. The molecule has 1 aromatic heterocycles. The SMILES string of the molecule is COc1ncc(C2=NC(NC(=S)Nc3ccc(N4CCCCC4)cc3C)C(=O)N(C)c3ccc(Cl)cc32)c(OC)n1. The van der Waals surface area contributed by atoms with Crippen LogP contribution in [0.4, 0.5) is 17.1 Å². The first-order chi connectivity index (χ1) is 19.8. The van der Waals surface area contributed by atoms with Gasteiger partial charge in [0.15, 0.2) is 5.11 Å². The number of hydrogen-bond donors (Lipinski definition) is 2. The van der Waals surface area contributed by atoms with Gasteiger partial charge in [-0.2, -0.15) is 4.98 Å². The van der Waals surface area contributed by atoms with Gasteiger partial charge in [0, 0.05) is 48.3 Å². The number of anilines is 3. The van der Waals surface area contributed by atoms with Crippen LogP contribution >= 0.6 is 23.8 Å². The highest BCUT2D eigenvalue weighted by Gasteiger charge is 2.32. The first-order valence-corrected chi connectivity index (χ1v) is 14.1. The third-order valence-electron chi connectivity index (χ3n) is 7.21. The fourth-order valence-corrected chi connectivity index (χ4v) is 5.44. The number of benzodiazepines with no additional fused rings is 1. The number of carbonyl (C=O) groups is 1. The number of fused-ring (bicyclic) bond motifs is 1. The summed E-state index contributed by atoms with van der Waals surface area (Å²) >= 11 is 12.0. The highest BCUT2D eigenvalue weighted by atomic mass is 35.5. The van der Waals surface area contributed by atoms with Crippen LogP contribution in [0.2, 0.25) is 5.02 Å². The Bertz CT molecular complexity index is 1510. The number of aromatic nitrogens is 2. The lowest BCUT2D eigenvalue weighted by Crippen LogP contribution is -2.47. The minimum atomic E-state index is -1.05. The smallest absolute Gasteiger partial charge is 0.319 e. The Balaban J connectivity index is 1.46. The highest BCUT2D eigenvalue weighted by molar-refractivity contribution is 7.80. The number of amides is 1. The van der Waals surface area contributed by atoms with E-state index in [0.29, 0.717) is 27.5 Å². The standard InChI is InChI=1S/C29H32ClN7O3S/c1-17-14-19(37-12-6-5-7-13-37)9-10-22(17)32-29(41)34-25-27(38)36(2)23-11-8-18(30)15-20(23)24(33-25)21-16-31-28(40-4)35-26(21)39-3/h8-11,14-16,25H,5-7,12-13H2,1-4H3,(H2,32,34,41). The predicted octanol–water partition coefficient (Wildman–Crippen LogP) is 4.57. The minimum Gasteiger partial charge on any atom is -0.480 e. The van der Waals surface area contributed by atoms with Gasteiger partial charge in [-0.05, 0) is 80.4 Å². The minimum absolute atomic E-state index is 0.140. The monoisotopic (exact) mass is 593 g/mol. The fraction of sp³-hybridized carbons (Fsp3) is 0.345. The van der Waals surface area contributed by atoms with Crippen molar-refractivity contribution in [1.29, 1.82) is 0 Å². The number of carbonyl (C=O) groups excluding carboxylic acids is 1. The van der Waals surface area contributed by atoms with Crippen LogP contribution in [0.15, 0.2) is 47.6 Å². The summed E-state index contributed by atoms with van der Waals surface area (Å²) in [5, 5.41) is 7.08. The second-order valence-electron chi connectivity index (χ2n) is 9.86. The van der Waals surface area contributed by atoms with Crippen LogP contribution in [-0.4, -0.2) is 67.2 Å². The van der Waals surface area contributed by atoms with Gasteiger partial charge in [-0.1, -0.05) is 11.6 Å². The normalized spacial score (nSPS) is 16.9. The third-order valence-corrected chi connectivity index (χ3v) is 7.66. The van der Waals surface area contributed by atoms with Crippen LogP contribution in [0.5, 0.6) is 11.9 Å². The second kappa shape index (κ2) is 12.3. The molecule has 1 atom stereocenters. The Kier molecular flexibility index (Phi) is 8.55. The largest absolute Gasteiger partial charge is 0.480 e. The molecule has 2 aliphatic heterocycles. The fourth-order valence-electron chi connectivity index (χ4n) is 5.04. The number of halogens is 1. The molecule has 12 heteroatoms. The summed E-state index contributed by atoms with van der Waals surface area (Å²) < 4.78 is 10.7. The Labute approximate surface area is 249 Å². The molecule has 214 valence electrons. The number of nitrogens with one attached hydrogen (secondary N) is 2. The zero-order valence-electron chi connectivity index (χ0n) is 23.4. The molecule has 2 N–H and O–H groups in total. The van der Waals surface area contributed by atoms with Crippen molar-refractivity contribution in [1.82, 2.24) is 15.3 Å². The molecule has 2 aliphatic rings. The molecular weight excluding hydrogens is 562 g/mol. The number of likely N-dealkylation sites (N-methyl/N-ethyl adjacent to an activating group) is 1. The van der Waals surface area contributed by atoms with Gasteiger partial charge in [0.05, 0.1) is 31.2 Å². The van der Waals surface area contributed by atoms with Crippen LogP contribution < -0.4 is 29.9 Å². The van der Waals surface area contributed by atoms with Gasteiger partial charge >= 0.3 is 6.01 Å². The van der Waals surface area contributed by atoms with Crippen LogP contribution in [0, 0.1) is 6.92 Å². The third kappa shape index (κ3) is 6.06. The number of aliphatic imine (C=N–C) groups is 1. The number of aryl methyl sites for hydroxylation is 1. The maximum atomic E-state index is 13.6. The molecular formula is C29H32ClN7O3S. The molecule has 3 heterocycles. The van der Waals surface area contributed by atoms with Gasteiger partial charge in [-0.15, -0.1) is 0 Å². The molecule has 0 saturated carbocycles. The number of piperidine rings is 1. The van der Waals surface area contributed by atoms with E-state index in [2.05, 4.69) is 37.6 Å². The van der Waals surface area contributed by atoms with Crippen molar-refractivity contribution >= 4 is 57.6 Å². The average molecular weight is 594 g/mol. The molecule has 2 aromatic carbocycles. The van der Waals surface area contributed by atoms with E-state index < -0.39 is 6.17 Å². The Hall–Kier alpha value is -3.96. The molecule has 1 fully saturated rings. The van der Waals surface area contributed by atoms with E-state index in [-0.39, 0.29) is 22.9 Å². The van der Waals surface area contributed by atoms with Crippen LogP contribution in [-0.2, 0) is 4.79 Å². The van der Waals surface area contributed by atoms with Gasteiger partial charge in [0.1, 0.15) is 0 Å². The molecule has 0 spiro atoms. The molecule has 5 rings (SSSR count). The Morgan fingerprint density at radius 1 is 1.07 bits per heavy atom. The van der Waals surface area contributed by atoms with Gasteiger partial charge in [-0.25, -0.2) is 9.98 Å². The van der Waals surface area contributed by atoms with Crippen molar-refractivity contribution in [3.63, 3.8) is 0 Å². The van der Waals surface area contributed by atoms with Gasteiger partial charge in [-0.3, -0.25) is 4.79 Å². The maximum Gasteiger partial charge on any atom is 0.319 e. The Morgan fingerprint density at radius 3 is 2.56 bits per heavy atom. The lowest BCUT2D eigenvalue weighted by atomic mass is 10.0. The molecule has 0 bridgehead atoms. The van der Waals surface area contributed by atoms with Crippen molar-refractivity contribution in [3.05, 3.63) is 64.3 Å². The zero-order valence-corrected chi connectivity index (χ0v) is 25.0. The quantitative estimate of drug-likeness (QED) is 0.398. The molecule has 10 nitrogen and oxygen atoms in total. The zero-order chi connectivity index (χ0) is 29.1. The molecule has 1 amide bonds. The van der Waals surface area contributed by atoms with Crippen molar-refractivity contribution in [2.45, 2.75) is 32.4 Å². The number of rotatable bonds is 6. The van der Waals surface area contributed by atoms with Crippen LogP contribution in [0.1, 0.15) is 36.0 Å². The van der Waals surface area contributed by atoms with E-state index in [4.69, 9.17) is 38.3 Å². The maximum absolute atomic E-state index is 13.6. The summed E-state index contributed by atoms with van der Waals surface area (Å²) in [7, 11) is 4.65. The van der Waals surface area contributed by atoms with Crippen molar-refractivity contribution in [2.75, 3.05) is 49.5 Å². The molecule has 0 radical (unpaired) electrons. The number of thiocarbonyl (C=S) groups is 1. The number of hydrogen-bond acceptors (Lipinski definition) is 8. The summed E-state index contributed by atoms with van der Waals surface area (Å²) in [6.45, 7) is 4.18. The van der Waals surface area contributed by atoms with Crippen LogP contribution in [0.25, 0.3) is 0 Å². The molecule has 1 saturated heterocycles. The van der Waals surface area contributed by atoms with Gasteiger partial charge in [0.2, 0.25) is 12.0 Å². The second-order valence-corrected chi connectivity index (χ2v) is 10.7. The summed E-state index contributed by atoms with van der Waals surface area (Å²) in [6.07, 6.45) is 4.20. The van der Waals surface area contributed by atoms with Crippen molar-refractivity contribution in [3.8, 4) is 11.9 Å². The van der Waals surface area contributed by atoms with E-state index in [1.807, 2.05) is 13.0 Å². The summed E-state index contributed by atoms with van der Waals surface area (Å²) in [5.74, 6) is -0.0688.